The summed E-state index contributed by atoms with van der Waals surface area (Å²) in [6.07, 6.45) is -2.19. The fourth-order valence-electron chi connectivity index (χ4n) is 4.39. The van der Waals surface area contributed by atoms with Gasteiger partial charge in [0.1, 0.15) is 6.61 Å². The second-order valence-corrected chi connectivity index (χ2v) is 8.42. The number of aromatic carboxylic acids is 1. The van der Waals surface area contributed by atoms with Crippen LogP contribution >= 0.6 is 0 Å². The van der Waals surface area contributed by atoms with Crippen LogP contribution in [0.2, 0.25) is 0 Å². The largest absolute Gasteiger partial charge is 0.478 e. The van der Waals surface area contributed by atoms with Crippen LogP contribution in [0, 0.1) is 6.92 Å². The van der Waals surface area contributed by atoms with Gasteiger partial charge >= 0.3 is 12.1 Å². The van der Waals surface area contributed by atoms with Crippen molar-refractivity contribution in [3.8, 4) is 11.1 Å². The van der Waals surface area contributed by atoms with Gasteiger partial charge in [0.2, 0.25) is 5.91 Å². The molecule has 3 aromatic rings. The summed E-state index contributed by atoms with van der Waals surface area (Å²) in [5.74, 6) is -1.81. The Morgan fingerprint density at radius 1 is 0.943 bits per heavy atom. The van der Waals surface area contributed by atoms with Crippen molar-refractivity contribution in [3.05, 3.63) is 89.0 Å². The lowest BCUT2D eigenvalue weighted by Gasteiger charge is -2.16. The quantitative estimate of drug-likeness (QED) is 0.392. The van der Waals surface area contributed by atoms with Crippen LogP contribution in [0.15, 0.2) is 66.7 Å². The second-order valence-electron chi connectivity index (χ2n) is 8.42. The monoisotopic (exact) mass is 474 g/mol. The van der Waals surface area contributed by atoms with Crippen LogP contribution in [0.3, 0.4) is 0 Å². The standard InChI is InChI=1S/C27H26N2O6/c1-16-7-6-12-23(25(16)26(32)33)29-24(31)13-17(30)14-28-27(34)35-15-22-20-10-4-2-8-18(20)19-9-3-5-11-21(19)22/h2-12,17,22,30H,13-15H2,1H3,(H,28,34)(H,29,31)(H,32,33). The van der Waals surface area contributed by atoms with E-state index in [-0.39, 0.29) is 36.7 Å². The number of carbonyl (C=O) groups is 3. The van der Waals surface area contributed by atoms with Gasteiger partial charge in [-0.2, -0.15) is 0 Å². The number of aliphatic hydroxyl groups is 1. The van der Waals surface area contributed by atoms with Gasteiger partial charge in [0, 0.05) is 12.5 Å². The molecular formula is C27H26N2O6. The normalized spacial score (nSPS) is 12.9. The molecule has 1 aliphatic carbocycles. The van der Waals surface area contributed by atoms with E-state index in [0.29, 0.717) is 5.56 Å². The van der Waals surface area contributed by atoms with Crippen molar-refractivity contribution in [3.63, 3.8) is 0 Å². The maximum Gasteiger partial charge on any atom is 0.407 e. The van der Waals surface area contributed by atoms with E-state index in [4.69, 9.17) is 4.74 Å². The third kappa shape index (κ3) is 5.33. The predicted octanol–water partition coefficient (Wildman–Crippen LogP) is 3.92. The van der Waals surface area contributed by atoms with Crippen LogP contribution in [-0.4, -0.2) is 47.4 Å². The first-order chi connectivity index (χ1) is 16.8. The van der Waals surface area contributed by atoms with Crippen LogP contribution in [0.25, 0.3) is 11.1 Å². The van der Waals surface area contributed by atoms with Gasteiger partial charge < -0.3 is 25.6 Å². The molecular weight excluding hydrogens is 448 g/mol. The van der Waals surface area contributed by atoms with Crippen LogP contribution in [0.1, 0.15) is 39.4 Å². The van der Waals surface area contributed by atoms with Crippen molar-refractivity contribution < 1.29 is 29.3 Å². The zero-order valence-electron chi connectivity index (χ0n) is 19.2. The number of carboxylic acids is 1. The molecule has 1 atom stereocenters. The number of amides is 2. The smallest absolute Gasteiger partial charge is 0.407 e. The summed E-state index contributed by atoms with van der Waals surface area (Å²) in [4.78, 5) is 36.0. The fourth-order valence-corrected chi connectivity index (χ4v) is 4.39. The van der Waals surface area contributed by atoms with E-state index < -0.39 is 24.1 Å². The van der Waals surface area contributed by atoms with Crippen molar-refractivity contribution in [2.24, 2.45) is 0 Å². The molecule has 0 heterocycles. The maximum atomic E-state index is 12.3. The number of fused-ring (bicyclic) bond motifs is 3. The molecule has 8 nitrogen and oxygen atoms in total. The molecule has 0 radical (unpaired) electrons. The van der Waals surface area contributed by atoms with Gasteiger partial charge in [-0.3, -0.25) is 4.79 Å². The highest BCUT2D eigenvalue weighted by Crippen LogP contribution is 2.44. The van der Waals surface area contributed by atoms with Crippen LogP contribution in [0.4, 0.5) is 10.5 Å². The SMILES string of the molecule is Cc1cccc(NC(=O)CC(O)CNC(=O)OCC2c3ccccc3-c3ccccc32)c1C(=O)O. The van der Waals surface area contributed by atoms with Gasteiger partial charge in [-0.1, -0.05) is 60.7 Å². The first-order valence-corrected chi connectivity index (χ1v) is 11.2. The number of hydrogen-bond donors (Lipinski definition) is 4. The Hall–Kier alpha value is -4.17. The lowest BCUT2D eigenvalue weighted by atomic mass is 9.98. The molecule has 180 valence electrons. The number of rotatable bonds is 8. The molecule has 0 fully saturated rings. The maximum absolute atomic E-state index is 12.3. The van der Waals surface area contributed by atoms with Gasteiger partial charge in [0.15, 0.2) is 0 Å². The Morgan fingerprint density at radius 3 is 2.20 bits per heavy atom. The van der Waals surface area contributed by atoms with Gasteiger partial charge in [0.25, 0.3) is 0 Å². The van der Waals surface area contributed by atoms with E-state index >= 15 is 0 Å². The molecule has 0 spiro atoms. The van der Waals surface area contributed by atoms with Crippen molar-refractivity contribution in [1.29, 1.82) is 0 Å². The van der Waals surface area contributed by atoms with Gasteiger partial charge in [-0.15, -0.1) is 0 Å². The van der Waals surface area contributed by atoms with Crippen molar-refractivity contribution >= 4 is 23.7 Å². The van der Waals surface area contributed by atoms with E-state index in [1.54, 1.807) is 19.1 Å². The van der Waals surface area contributed by atoms with Crippen LogP contribution in [0.5, 0.6) is 0 Å². The summed E-state index contributed by atoms with van der Waals surface area (Å²) in [5.41, 5.74) is 5.08. The summed E-state index contributed by atoms with van der Waals surface area (Å²) in [7, 11) is 0. The number of nitrogens with one attached hydrogen (secondary N) is 2. The van der Waals surface area contributed by atoms with E-state index in [1.165, 1.54) is 6.07 Å². The molecule has 0 bridgehead atoms. The third-order valence-corrected chi connectivity index (χ3v) is 6.01. The first kappa shape index (κ1) is 24.0. The Kier molecular flexibility index (Phi) is 7.12. The zero-order chi connectivity index (χ0) is 24.9. The number of carboxylic acid groups (broad SMARTS) is 1. The molecule has 4 rings (SSSR count). The average Bonchev–Trinajstić information content (AvgIpc) is 3.15. The Labute approximate surface area is 202 Å². The molecule has 0 aliphatic heterocycles. The second kappa shape index (κ2) is 10.4. The number of aryl methyl sites for hydroxylation is 1. The van der Waals surface area contributed by atoms with Gasteiger partial charge in [0.05, 0.1) is 23.8 Å². The van der Waals surface area contributed by atoms with Crippen molar-refractivity contribution in [2.75, 3.05) is 18.5 Å². The molecule has 8 heteroatoms. The molecule has 4 N–H and O–H groups in total. The van der Waals surface area contributed by atoms with Crippen molar-refractivity contribution in [2.45, 2.75) is 25.4 Å². The van der Waals surface area contributed by atoms with Gasteiger partial charge in [-0.25, -0.2) is 9.59 Å². The van der Waals surface area contributed by atoms with Crippen molar-refractivity contribution in [1.82, 2.24) is 5.32 Å². The molecule has 0 saturated heterocycles. The van der Waals surface area contributed by atoms with E-state index in [9.17, 15) is 24.6 Å². The van der Waals surface area contributed by atoms with E-state index in [0.717, 1.165) is 22.3 Å². The fraction of sp³-hybridized carbons (Fsp3) is 0.222. The minimum atomic E-state index is -1.17. The Bertz CT molecular complexity index is 1230. The lowest BCUT2D eigenvalue weighted by Crippen LogP contribution is -2.35. The van der Waals surface area contributed by atoms with E-state index in [2.05, 4.69) is 10.6 Å². The zero-order valence-corrected chi connectivity index (χ0v) is 19.2. The summed E-state index contributed by atoms with van der Waals surface area (Å²) in [6, 6.07) is 20.7. The number of aliphatic hydroxyl groups excluding tert-OH is 1. The molecule has 2 amide bonds. The highest BCUT2D eigenvalue weighted by atomic mass is 16.5. The molecule has 1 aliphatic rings. The number of carbonyl (C=O) groups excluding carboxylic acids is 2. The number of anilines is 1. The molecule has 3 aromatic carbocycles. The summed E-state index contributed by atoms with van der Waals surface area (Å²) < 4.78 is 5.42. The molecule has 0 saturated carbocycles. The number of hydrogen-bond acceptors (Lipinski definition) is 5. The first-order valence-electron chi connectivity index (χ1n) is 11.2. The number of ether oxygens (including phenoxy) is 1. The Morgan fingerprint density at radius 2 is 1.57 bits per heavy atom. The van der Waals surface area contributed by atoms with Crippen LogP contribution < -0.4 is 10.6 Å². The highest BCUT2D eigenvalue weighted by Gasteiger charge is 2.29. The molecule has 1 unspecified atom stereocenters. The summed E-state index contributed by atoms with van der Waals surface area (Å²) in [6.45, 7) is 1.58. The minimum absolute atomic E-state index is 0.00731. The van der Waals surface area contributed by atoms with Crippen LogP contribution in [-0.2, 0) is 9.53 Å². The summed E-state index contributed by atoms with van der Waals surface area (Å²) >= 11 is 0. The Balaban J connectivity index is 1.27. The topological polar surface area (TPSA) is 125 Å². The molecule has 0 aromatic heterocycles. The minimum Gasteiger partial charge on any atom is -0.478 e. The predicted molar refractivity (Wildman–Crippen MR) is 130 cm³/mol. The number of benzene rings is 3. The summed E-state index contributed by atoms with van der Waals surface area (Å²) in [5, 5.41) is 24.5. The van der Waals surface area contributed by atoms with E-state index in [1.807, 2.05) is 48.5 Å². The molecule has 35 heavy (non-hydrogen) atoms. The number of alkyl carbamates (subject to hydrolysis) is 1. The average molecular weight is 475 g/mol. The third-order valence-electron chi connectivity index (χ3n) is 6.01. The van der Waals surface area contributed by atoms with Gasteiger partial charge in [-0.05, 0) is 40.8 Å². The lowest BCUT2D eigenvalue weighted by molar-refractivity contribution is -0.118. The highest BCUT2D eigenvalue weighted by molar-refractivity contribution is 6.01.